The molecule has 0 fully saturated rings. The standard InChI is InChI=1S/C15H26N2O/c1-5-8-16-13-6-9-17-14(11-13)12-18-10-7-15(2,3)4/h6,9,11H,5,7-8,10,12H2,1-4H3,(H,16,17). The lowest BCUT2D eigenvalue weighted by atomic mass is 9.93. The fourth-order valence-electron chi connectivity index (χ4n) is 1.49. The van der Waals surface area contributed by atoms with E-state index in [1.807, 2.05) is 12.3 Å². The SMILES string of the molecule is CCCNc1ccnc(COCCC(C)(C)C)c1. The van der Waals surface area contributed by atoms with Gasteiger partial charge >= 0.3 is 0 Å². The molecule has 1 rings (SSSR count). The van der Waals surface area contributed by atoms with E-state index in [0.29, 0.717) is 12.0 Å². The molecule has 0 radical (unpaired) electrons. The third-order valence-electron chi connectivity index (χ3n) is 2.64. The normalized spacial score (nSPS) is 11.6. The van der Waals surface area contributed by atoms with Gasteiger partial charge < -0.3 is 10.1 Å². The largest absolute Gasteiger partial charge is 0.385 e. The van der Waals surface area contributed by atoms with Crippen LogP contribution in [0.5, 0.6) is 0 Å². The van der Waals surface area contributed by atoms with Crippen molar-refractivity contribution in [2.24, 2.45) is 5.41 Å². The smallest absolute Gasteiger partial charge is 0.0888 e. The van der Waals surface area contributed by atoms with Crippen LogP contribution in [-0.4, -0.2) is 18.1 Å². The molecular weight excluding hydrogens is 224 g/mol. The predicted molar refractivity (Wildman–Crippen MR) is 76.7 cm³/mol. The van der Waals surface area contributed by atoms with Crippen LogP contribution in [0.3, 0.4) is 0 Å². The summed E-state index contributed by atoms with van der Waals surface area (Å²) >= 11 is 0. The lowest BCUT2D eigenvalue weighted by molar-refractivity contribution is 0.0941. The number of nitrogens with one attached hydrogen (secondary N) is 1. The molecule has 1 heterocycles. The molecular formula is C15H26N2O. The lowest BCUT2D eigenvalue weighted by Crippen LogP contribution is -2.10. The lowest BCUT2D eigenvalue weighted by Gasteiger charge is -2.17. The maximum absolute atomic E-state index is 5.66. The van der Waals surface area contributed by atoms with Gasteiger partial charge in [-0.05, 0) is 30.4 Å². The summed E-state index contributed by atoms with van der Waals surface area (Å²) < 4.78 is 5.66. The van der Waals surface area contributed by atoms with E-state index in [9.17, 15) is 0 Å². The first kappa shape index (κ1) is 15.0. The summed E-state index contributed by atoms with van der Waals surface area (Å²) in [7, 11) is 0. The summed E-state index contributed by atoms with van der Waals surface area (Å²) in [5.41, 5.74) is 2.45. The van der Waals surface area contributed by atoms with Gasteiger partial charge in [0.05, 0.1) is 12.3 Å². The number of rotatable bonds is 7. The van der Waals surface area contributed by atoms with Gasteiger partial charge in [-0.2, -0.15) is 0 Å². The number of ether oxygens (including phenoxy) is 1. The summed E-state index contributed by atoms with van der Waals surface area (Å²) in [6.07, 6.45) is 4.03. The molecule has 0 saturated carbocycles. The first-order valence-corrected chi connectivity index (χ1v) is 6.78. The van der Waals surface area contributed by atoms with Crippen molar-refractivity contribution in [2.45, 2.75) is 47.1 Å². The highest BCUT2D eigenvalue weighted by Crippen LogP contribution is 2.18. The number of pyridine rings is 1. The Morgan fingerprint density at radius 3 is 2.78 bits per heavy atom. The van der Waals surface area contributed by atoms with Gasteiger partial charge in [0.2, 0.25) is 0 Å². The van der Waals surface area contributed by atoms with Crippen LogP contribution in [-0.2, 0) is 11.3 Å². The molecule has 3 heteroatoms. The number of aromatic nitrogens is 1. The third kappa shape index (κ3) is 6.60. The van der Waals surface area contributed by atoms with Gasteiger partial charge in [-0.15, -0.1) is 0 Å². The summed E-state index contributed by atoms with van der Waals surface area (Å²) in [6.45, 7) is 11.2. The van der Waals surface area contributed by atoms with Crippen LogP contribution >= 0.6 is 0 Å². The summed E-state index contributed by atoms with van der Waals surface area (Å²) in [5.74, 6) is 0. The van der Waals surface area contributed by atoms with Crippen molar-refractivity contribution < 1.29 is 4.74 Å². The molecule has 1 aromatic rings. The van der Waals surface area contributed by atoms with Crippen LogP contribution in [0.25, 0.3) is 0 Å². The number of hydrogen-bond donors (Lipinski definition) is 1. The predicted octanol–water partition coefficient (Wildman–Crippen LogP) is 3.86. The Balaban J connectivity index is 2.33. The molecule has 0 bridgehead atoms. The molecule has 1 aromatic heterocycles. The van der Waals surface area contributed by atoms with Crippen LogP contribution in [0, 0.1) is 5.41 Å². The molecule has 0 spiro atoms. The summed E-state index contributed by atoms with van der Waals surface area (Å²) in [5, 5.41) is 3.35. The first-order valence-electron chi connectivity index (χ1n) is 6.78. The van der Waals surface area contributed by atoms with E-state index in [1.54, 1.807) is 0 Å². The molecule has 0 amide bonds. The second-order valence-electron chi connectivity index (χ2n) is 5.83. The summed E-state index contributed by atoms with van der Waals surface area (Å²) in [6, 6.07) is 4.06. The highest BCUT2D eigenvalue weighted by Gasteiger charge is 2.09. The van der Waals surface area contributed by atoms with Gasteiger partial charge in [-0.25, -0.2) is 0 Å². The highest BCUT2D eigenvalue weighted by molar-refractivity contribution is 5.42. The van der Waals surface area contributed by atoms with Gasteiger partial charge in [0.1, 0.15) is 0 Å². The Labute approximate surface area is 111 Å². The van der Waals surface area contributed by atoms with Crippen LogP contribution in [0.2, 0.25) is 0 Å². The van der Waals surface area contributed by atoms with Gasteiger partial charge in [0.25, 0.3) is 0 Å². The van der Waals surface area contributed by atoms with Crippen LogP contribution < -0.4 is 5.32 Å². The molecule has 0 unspecified atom stereocenters. The fourth-order valence-corrected chi connectivity index (χ4v) is 1.49. The molecule has 0 atom stereocenters. The Hall–Kier alpha value is -1.09. The van der Waals surface area contributed by atoms with Crippen molar-refractivity contribution in [1.29, 1.82) is 0 Å². The first-order chi connectivity index (χ1) is 8.51. The van der Waals surface area contributed by atoms with E-state index < -0.39 is 0 Å². The van der Waals surface area contributed by atoms with Gasteiger partial charge in [0, 0.05) is 25.0 Å². The summed E-state index contributed by atoms with van der Waals surface area (Å²) in [4.78, 5) is 4.32. The quantitative estimate of drug-likeness (QED) is 0.746. The second-order valence-corrected chi connectivity index (χ2v) is 5.83. The minimum Gasteiger partial charge on any atom is -0.385 e. The second kappa shape index (κ2) is 7.37. The van der Waals surface area contributed by atoms with E-state index in [2.05, 4.69) is 44.1 Å². The molecule has 102 valence electrons. The third-order valence-corrected chi connectivity index (χ3v) is 2.64. The average molecular weight is 250 g/mol. The van der Waals surface area contributed by atoms with E-state index in [1.165, 1.54) is 0 Å². The van der Waals surface area contributed by atoms with E-state index >= 15 is 0 Å². The van der Waals surface area contributed by atoms with Crippen molar-refractivity contribution in [3.05, 3.63) is 24.0 Å². The number of hydrogen-bond acceptors (Lipinski definition) is 3. The minimum atomic E-state index is 0.331. The van der Waals surface area contributed by atoms with Crippen molar-refractivity contribution in [1.82, 2.24) is 4.98 Å². The number of nitrogens with zero attached hydrogens (tertiary/aromatic N) is 1. The van der Waals surface area contributed by atoms with Gasteiger partial charge in [-0.1, -0.05) is 27.7 Å². The Morgan fingerprint density at radius 1 is 1.33 bits per heavy atom. The Kier molecular flexibility index (Phi) is 6.13. The van der Waals surface area contributed by atoms with Gasteiger partial charge in [0.15, 0.2) is 0 Å². The maximum Gasteiger partial charge on any atom is 0.0888 e. The molecule has 18 heavy (non-hydrogen) atoms. The topological polar surface area (TPSA) is 34.2 Å². The van der Waals surface area contributed by atoms with Crippen molar-refractivity contribution in [2.75, 3.05) is 18.5 Å². The van der Waals surface area contributed by atoms with Crippen molar-refractivity contribution in [3.63, 3.8) is 0 Å². The molecule has 3 nitrogen and oxygen atoms in total. The zero-order chi connectivity index (χ0) is 13.4. The molecule has 1 N–H and O–H groups in total. The molecule has 0 aliphatic rings. The van der Waals surface area contributed by atoms with Crippen LogP contribution in [0.4, 0.5) is 5.69 Å². The van der Waals surface area contributed by atoms with Crippen molar-refractivity contribution in [3.8, 4) is 0 Å². The maximum atomic E-state index is 5.66. The van der Waals surface area contributed by atoms with E-state index in [4.69, 9.17) is 4.74 Å². The minimum absolute atomic E-state index is 0.331. The monoisotopic (exact) mass is 250 g/mol. The Morgan fingerprint density at radius 2 is 2.11 bits per heavy atom. The molecule has 0 saturated heterocycles. The van der Waals surface area contributed by atoms with E-state index in [0.717, 1.165) is 37.4 Å². The van der Waals surface area contributed by atoms with Crippen molar-refractivity contribution >= 4 is 5.69 Å². The molecule has 0 aliphatic heterocycles. The van der Waals surface area contributed by atoms with Crippen LogP contribution in [0.1, 0.15) is 46.2 Å². The number of anilines is 1. The molecule has 0 aromatic carbocycles. The van der Waals surface area contributed by atoms with Crippen LogP contribution in [0.15, 0.2) is 18.3 Å². The zero-order valence-corrected chi connectivity index (χ0v) is 12.1. The fraction of sp³-hybridized carbons (Fsp3) is 0.667. The molecule has 0 aliphatic carbocycles. The highest BCUT2D eigenvalue weighted by atomic mass is 16.5. The van der Waals surface area contributed by atoms with Gasteiger partial charge in [-0.3, -0.25) is 4.98 Å². The average Bonchev–Trinajstić information content (AvgIpc) is 2.31. The zero-order valence-electron chi connectivity index (χ0n) is 12.1. The van der Waals surface area contributed by atoms with E-state index in [-0.39, 0.29) is 0 Å². The Bertz CT molecular complexity index is 345.